The van der Waals surface area contributed by atoms with E-state index in [2.05, 4.69) is 0 Å². The average Bonchev–Trinajstić information content (AvgIpc) is 3.48. The van der Waals surface area contributed by atoms with Crippen molar-refractivity contribution in [1.29, 1.82) is 0 Å². The molecule has 164 valence electrons. The van der Waals surface area contributed by atoms with Gasteiger partial charge in [-0.25, -0.2) is 4.79 Å². The van der Waals surface area contributed by atoms with Crippen molar-refractivity contribution in [3.8, 4) is 0 Å². The van der Waals surface area contributed by atoms with E-state index in [1.165, 1.54) is 6.26 Å². The van der Waals surface area contributed by atoms with E-state index in [0.717, 1.165) is 12.0 Å². The maximum Gasteiger partial charge on any atom is 0.410 e. The Morgan fingerprint density at radius 3 is 2.35 bits per heavy atom. The zero-order valence-corrected chi connectivity index (χ0v) is 17.7. The Morgan fingerprint density at radius 1 is 0.968 bits per heavy atom. The minimum atomic E-state index is -0.930. The van der Waals surface area contributed by atoms with Gasteiger partial charge in [0, 0.05) is 32.7 Å². The summed E-state index contributed by atoms with van der Waals surface area (Å²) in [4.78, 5) is 43.6. The molecule has 2 fully saturated rings. The molecule has 0 saturated carbocycles. The summed E-state index contributed by atoms with van der Waals surface area (Å²) in [6.07, 6.45) is 2.35. The summed E-state index contributed by atoms with van der Waals surface area (Å²) in [6, 6.07) is 12.8. The molecule has 4 rings (SSSR count). The van der Waals surface area contributed by atoms with Gasteiger partial charge in [0.1, 0.15) is 12.1 Å². The molecule has 1 aromatic carbocycles. The van der Waals surface area contributed by atoms with Crippen molar-refractivity contribution in [2.75, 3.05) is 32.7 Å². The minimum absolute atomic E-state index is 0.0910. The normalized spacial score (nSPS) is 21.3. The summed E-state index contributed by atoms with van der Waals surface area (Å²) in [5.41, 5.74) is -0.0264. The molecule has 1 atom stereocenters. The molecule has 0 spiro atoms. The number of likely N-dealkylation sites (tertiary alicyclic amines) is 1. The molecular weight excluding hydrogens is 398 g/mol. The fraction of sp³-hybridized carbons (Fsp3) is 0.435. The van der Waals surface area contributed by atoms with Gasteiger partial charge in [-0.1, -0.05) is 30.3 Å². The monoisotopic (exact) mass is 425 g/mol. The number of furan rings is 1. The van der Waals surface area contributed by atoms with E-state index in [4.69, 9.17) is 9.15 Å². The largest absolute Gasteiger partial charge is 0.459 e. The number of hydrogen-bond donors (Lipinski definition) is 0. The van der Waals surface area contributed by atoms with Crippen molar-refractivity contribution in [3.63, 3.8) is 0 Å². The summed E-state index contributed by atoms with van der Waals surface area (Å²) >= 11 is 0. The third-order valence-corrected chi connectivity index (χ3v) is 6.11. The van der Waals surface area contributed by atoms with E-state index < -0.39 is 11.6 Å². The zero-order chi connectivity index (χ0) is 21.8. The van der Waals surface area contributed by atoms with Crippen LogP contribution in [0.15, 0.2) is 53.1 Å². The lowest BCUT2D eigenvalue weighted by molar-refractivity contribution is -0.142. The first kappa shape index (κ1) is 21.0. The molecule has 2 aliphatic rings. The molecule has 2 saturated heterocycles. The van der Waals surface area contributed by atoms with Gasteiger partial charge >= 0.3 is 6.09 Å². The number of carbonyl (C=O) groups is 3. The highest BCUT2D eigenvalue weighted by molar-refractivity contribution is 5.92. The molecule has 0 N–H and O–H groups in total. The van der Waals surface area contributed by atoms with Crippen LogP contribution in [0.3, 0.4) is 0 Å². The van der Waals surface area contributed by atoms with Gasteiger partial charge in [0.25, 0.3) is 5.91 Å². The van der Waals surface area contributed by atoms with E-state index >= 15 is 0 Å². The fourth-order valence-corrected chi connectivity index (χ4v) is 4.28. The van der Waals surface area contributed by atoms with E-state index in [0.29, 0.717) is 44.9 Å². The van der Waals surface area contributed by atoms with Gasteiger partial charge in [0.2, 0.25) is 5.91 Å². The predicted octanol–water partition coefficient (Wildman–Crippen LogP) is 2.76. The average molecular weight is 425 g/mol. The van der Waals surface area contributed by atoms with Crippen LogP contribution in [0.1, 0.15) is 35.9 Å². The lowest BCUT2D eigenvalue weighted by Gasteiger charge is -2.41. The molecule has 2 aromatic rings. The van der Waals surface area contributed by atoms with Gasteiger partial charge in [-0.2, -0.15) is 0 Å². The van der Waals surface area contributed by atoms with Crippen molar-refractivity contribution in [2.45, 2.75) is 31.9 Å². The van der Waals surface area contributed by atoms with E-state index in [-0.39, 0.29) is 18.4 Å². The smallest absolute Gasteiger partial charge is 0.410 e. The highest BCUT2D eigenvalue weighted by Gasteiger charge is 2.48. The standard InChI is InChI=1S/C23H27N3O5/c1-23(10-6-11-26(23)22(29)31-17-18-7-3-2-4-8-18)21(28)25-14-12-24(13-15-25)20(27)19-9-5-16-30-19/h2-5,7-9,16H,6,10-15,17H2,1H3. The molecule has 0 aliphatic carbocycles. The number of ether oxygens (including phenoxy) is 1. The minimum Gasteiger partial charge on any atom is -0.459 e. The first-order chi connectivity index (χ1) is 15.0. The van der Waals surface area contributed by atoms with Crippen molar-refractivity contribution in [1.82, 2.24) is 14.7 Å². The Balaban J connectivity index is 1.35. The van der Waals surface area contributed by atoms with Crippen LogP contribution in [0, 0.1) is 0 Å². The van der Waals surface area contributed by atoms with Gasteiger partial charge in [-0.3, -0.25) is 14.5 Å². The maximum atomic E-state index is 13.4. The molecular formula is C23H27N3O5. The SMILES string of the molecule is CC1(C(=O)N2CCN(C(=O)c3ccco3)CC2)CCCN1C(=O)OCc1ccccc1. The van der Waals surface area contributed by atoms with Crippen molar-refractivity contribution < 1.29 is 23.5 Å². The number of nitrogens with zero attached hydrogens (tertiary/aromatic N) is 3. The Bertz CT molecular complexity index is 922. The second kappa shape index (κ2) is 8.83. The number of benzene rings is 1. The van der Waals surface area contributed by atoms with Gasteiger partial charge in [-0.15, -0.1) is 0 Å². The van der Waals surface area contributed by atoms with Crippen molar-refractivity contribution in [3.05, 3.63) is 60.1 Å². The topological polar surface area (TPSA) is 83.3 Å². The van der Waals surface area contributed by atoms with Crippen molar-refractivity contribution in [2.24, 2.45) is 0 Å². The lowest BCUT2D eigenvalue weighted by atomic mass is 9.96. The van der Waals surface area contributed by atoms with Crippen LogP contribution >= 0.6 is 0 Å². The summed E-state index contributed by atoms with van der Waals surface area (Å²) in [5.74, 6) is 0.0388. The van der Waals surface area contributed by atoms with E-state index in [9.17, 15) is 14.4 Å². The predicted molar refractivity (Wildman–Crippen MR) is 112 cm³/mol. The summed E-state index contributed by atoms with van der Waals surface area (Å²) in [5, 5.41) is 0. The molecule has 0 radical (unpaired) electrons. The lowest BCUT2D eigenvalue weighted by Crippen LogP contribution is -2.60. The number of rotatable bonds is 4. The van der Waals surface area contributed by atoms with Gasteiger partial charge in [-0.05, 0) is 37.5 Å². The highest BCUT2D eigenvalue weighted by atomic mass is 16.6. The third kappa shape index (κ3) is 4.28. The van der Waals surface area contributed by atoms with Crippen LogP contribution in [0.5, 0.6) is 0 Å². The molecule has 1 aromatic heterocycles. The highest BCUT2D eigenvalue weighted by Crippen LogP contribution is 2.32. The van der Waals surface area contributed by atoms with Crippen LogP contribution in [-0.4, -0.2) is 70.9 Å². The molecule has 8 nitrogen and oxygen atoms in total. The van der Waals surface area contributed by atoms with E-state index in [1.807, 2.05) is 37.3 Å². The molecule has 0 bridgehead atoms. The Hall–Kier alpha value is -3.29. The van der Waals surface area contributed by atoms with Crippen LogP contribution in [0.2, 0.25) is 0 Å². The Morgan fingerprint density at radius 2 is 1.68 bits per heavy atom. The summed E-state index contributed by atoms with van der Waals surface area (Å²) in [7, 11) is 0. The number of hydrogen-bond acceptors (Lipinski definition) is 5. The van der Waals surface area contributed by atoms with Gasteiger partial charge < -0.3 is 19.0 Å². The summed E-state index contributed by atoms with van der Waals surface area (Å²) in [6.45, 7) is 4.19. The van der Waals surface area contributed by atoms with Crippen molar-refractivity contribution >= 4 is 17.9 Å². The van der Waals surface area contributed by atoms with Gasteiger partial charge in [0.15, 0.2) is 5.76 Å². The molecule has 2 aliphatic heterocycles. The Labute approximate surface area is 181 Å². The van der Waals surface area contributed by atoms with E-state index in [1.54, 1.807) is 26.8 Å². The maximum absolute atomic E-state index is 13.4. The fourth-order valence-electron chi connectivity index (χ4n) is 4.28. The van der Waals surface area contributed by atoms with Crippen LogP contribution in [-0.2, 0) is 16.1 Å². The third-order valence-electron chi connectivity index (χ3n) is 6.11. The first-order valence-corrected chi connectivity index (χ1v) is 10.6. The van der Waals surface area contributed by atoms with Crippen LogP contribution in [0.4, 0.5) is 4.79 Å². The second-order valence-electron chi connectivity index (χ2n) is 8.13. The van der Waals surface area contributed by atoms with Crippen LogP contribution < -0.4 is 0 Å². The first-order valence-electron chi connectivity index (χ1n) is 10.6. The number of carbonyl (C=O) groups excluding carboxylic acids is 3. The molecule has 3 amide bonds. The second-order valence-corrected chi connectivity index (χ2v) is 8.13. The molecule has 1 unspecified atom stereocenters. The van der Waals surface area contributed by atoms with Crippen LogP contribution in [0.25, 0.3) is 0 Å². The zero-order valence-electron chi connectivity index (χ0n) is 17.7. The quantitative estimate of drug-likeness (QED) is 0.752. The van der Waals surface area contributed by atoms with Gasteiger partial charge in [0.05, 0.1) is 6.26 Å². The number of piperazine rings is 1. The summed E-state index contributed by atoms with van der Waals surface area (Å²) < 4.78 is 10.7. The molecule has 8 heteroatoms. The number of amides is 3. The molecule has 31 heavy (non-hydrogen) atoms. The molecule has 3 heterocycles. The Kier molecular flexibility index (Phi) is 5.97.